The largest absolute Gasteiger partial charge is 0.508 e. The number of benzene rings is 4. The van der Waals surface area contributed by atoms with Crippen molar-refractivity contribution in [1.82, 2.24) is 15.0 Å². The third-order valence-electron chi connectivity index (χ3n) is 6.49. The van der Waals surface area contributed by atoms with Gasteiger partial charge in [0.2, 0.25) is 0 Å². The Balaban J connectivity index is 1.64. The fraction of sp³-hybridized carbons (Fsp3) is 0.179. The summed E-state index contributed by atoms with van der Waals surface area (Å²) >= 11 is 0. The van der Waals surface area contributed by atoms with Crippen LogP contribution in [0.2, 0.25) is 0 Å². The van der Waals surface area contributed by atoms with Gasteiger partial charge in [0.25, 0.3) is 0 Å². The SMILES string of the molecule is Oc1cc(O)c(-c2nc(OC3CCCC3)nc(-c3c4ccccc4cc4ccccc34)n2)c(O)c1. The summed E-state index contributed by atoms with van der Waals surface area (Å²) in [6, 6.07) is 20.6. The number of rotatable bonds is 4. The summed E-state index contributed by atoms with van der Waals surface area (Å²) in [6.07, 6.45) is 4.02. The van der Waals surface area contributed by atoms with Crippen molar-refractivity contribution < 1.29 is 20.1 Å². The van der Waals surface area contributed by atoms with Gasteiger partial charge in [0.15, 0.2) is 11.6 Å². The van der Waals surface area contributed by atoms with Gasteiger partial charge in [-0.15, -0.1) is 0 Å². The molecule has 35 heavy (non-hydrogen) atoms. The van der Waals surface area contributed by atoms with Crippen molar-refractivity contribution in [2.45, 2.75) is 31.8 Å². The van der Waals surface area contributed by atoms with E-state index >= 15 is 0 Å². The van der Waals surface area contributed by atoms with Crippen LogP contribution in [0.25, 0.3) is 44.3 Å². The Morgan fingerprint density at radius 1 is 0.657 bits per heavy atom. The van der Waals surface area contributed by atoms with Crippen LogP contribution in [0, 0.1) is 0 Å². The number of fused-ring (bicyclic) bond motifs is 2. The minimum Gasteiger partial charge on any atom is -0.508 e. The van der Waals surface area contributed by atoms with Gasteiger partial charge >= 0.3 is 6.01 Å². The fourth-order valence-electron chi connectivity index (χ4n) is 4.87. The zero-order valence-electron chi connectivity index (χ0n) is 18.8. The number of phenols is 3. The first-order chi connectivity index (χ1) is 17.1. The van der Waals surface area contributed by atoms with Gasteiger partial charge in [-0.05, 0) is 53.3 Å². The van der Waals surface area contributed by atoms with Crippen molar-refractivity contribution in [2.24, 2.45) is 0 Å². The number of hydrogen-bond acceptors (Lipinski definition) is 7. The standard InChI is InChI=1S/C28H23N3O4/c32-18-14-22(33)25(23(34)15-18)27-29-26(30-28(31-27)35-19-9-3-4-10-19)24-20-11-5-1-7-16(20)13-17-8-2-6-12-21(17)24/h1-2,5-8,11-15,19,32-34H,3-4,9-10H2. The minimum absolute atomic E-state index is 0.00405. The molecule has 7 heteroatoms. The van der Waals surface area contributed by atoms with E-state index in [0.29, 0.717) is 5.82 Å². The second-order valence-electron chi connectivity index (χ2n) is 8.84. The third kappa shape index (κ3) is 3.85. The molecule has 4 aromatic carbocycles. The molecule has 6 rings (SSSR count). The van der Waals surface area contributed by atoms with Gasteiger partial charge in [-0.1, -0.05) is 48.5 Å². The highest BCUT2D eigenvalue weighted by Crippen LogP contribution is 2.41. The Morgan fingerprint density at radius 3 is 1.80 bits per heavy atom. The van der Waals surface area contributed by atoms with E-state index in [0.717, 1.165) is 64.9 Å². The van der Waals surface area contributed by atoms with E-state index in [1.165, 1.54) is 0 Å². The maximum absolute atomic E-state index is 10.5. The molecule has 0 atom stereocenters. The average Bonchev–Trinajstić information content (AvgIpc) is 3.34. The topological polar surface area (TPSA) is 109 Å². The quantitative estimate of drug-likeness (QED) is 0.281. The molecule has 1 aliphatic carbocycles. The zero-order valence-corrected chi connectivity index (χ0v) is 18.8. The van der Waals surface area contributed by atoms with E-state index in [4.69, 9.17) is 14.7 Å². The number of hydrogen-bond donors (Lipinski definition) is 3. The highest BCUT2D eigenvalue weighted by atomic mass is 16.5. The van der Waals surface area contributed by atoms with Crippen LogP contribution >= 0.6 is 0 Å². The number of phenolic OH excluding ortho intramolecular Hbond substituents is 3. The van der Waals surface area contributed by atoms with Crippen molar-refractivity contribution in [3.05, 3.63) is 66.7 Å². The van der Waals surface area contributed by atoms with E-state index in [9.17, 15) is 15.3 Å². The maximum atomic E-state index is 10.5. The lowest BCUT2D eigenvalue weighted by Crippen LogP contribution is -2.14. The predicted octanol–water partition coefficient (Wildman–Crippen LogP) is 5.95. The highest BCUT2D eigenvalue weighted by molar-refractivity contribution is 6.11. The van der Waals surface area contributed by atoms with Crippen LogP contribution in [-0.2, 0) is 0 Å². The molecule has 0 bridgehead atoms. The van der Waals surface area contributed by atoms with Crippen molar-refractivity contribution in [3.8, 4) is 46.0 Å². The summed E-state index contributed by atoms with van der Waals surface area (Å²) in [4.78, 5) is 13.9. The molecule has 1 heterocycles. The molecule has 0 unspecified atom stereocenters. The maximum Gasteiger partial charge on any atom is 0.320 e. The fourth-order valence-corrected chi connectivity index (χ4v) is 4.87. The van der Waals surface area contributed by atoms with Gasteiger partial charge in [0, 0.05) is 17.7 Å². The second-order valence-corrected chi connectivity index (χ2v) is 8.84. The highest BCUT2D eigenvalue weighted by Gasteiger charge is 2.23. The lowest BCUT2D eigenvalue weighted by atomic mass is 9.96. The van der Waals surface area contributed by atoms with Crippen molar-refractivity contribution in [2.75, 3.05) is 0 Å². The van der Waals surface area contributed by atoms with Gasteiger partial charge in [0.05, 0.1) is 0 Å². The third-order valence-corrected chi connectivity index (χ3v) is 6.49. The predicted molar refractivity (Wildman–Crippen MR) is 134 cm³/mol. The minimum atomic E-state index is -0.339. The molecule has 3 N–H and O–H groups in total. The van der Waals surface area contributed by atoms with E-state index in [2.05, 4.69) is 11.1 Å². The van der Waals surface area contributed by atoms with E-state index in [-0.39, 0.29) is 40.8 Å². The first kappa shape index (κ1) is 21.2. The van der Waals surface area contributed by atoms with Gasteiger partial charge in [-0.3, -0.25) is 0 Å². The van der Waals surface area contributed by atoms with Crippen LogP contribution in [0.3, 0.4) is 0 Å². The zero-order chi connectivity index (χ0) is 23.9. The van der Waals surface area contributed by atoms with Crippen LogP contribution in [0.1, 0.15) is 25.7 Å². The molecule has 1 fully saturated rings. The molecule has 0 spiro atoms. The Kier molecular flexibility index (Phi) is 5.10. The summed E-state index contributed by atoms with van der Waals surface area (Å²) < 4.78 is 6.15. The molecule has 174 valence electrons. The van der Waals surface area contributed by atoms with E-state index in [1.54, 1.807) is 0 Å². The number of aromatic hydroxyl groups is 3. The molecular weight excluding hydrogens is 442 g/mol. The monoisotopic (exact) mass is 465 g/mol. The van der Waals surface area contributed by atoms with Gasteiger partial charge in [0.1, 0.15) is 28.9 Å². The molecular formula is C28H23N3O4. The lowest BCUT2D eigenvalue weighted by Gasteiger charge is -2.16. The summed E-state index contributed by atoms with van der Waals surface area (Å²) in [5, 5.41) is 34.9. The number of aromatic nitrogens is 3. The van der Waals surface area contributed by atoms with Crippen molar-refractivity contribution in [1.29, 1.82) is 0 Å². The first-order valence-corrected chi connectivity index (χ1v) is 11.7. The molecule has 7 nitrogen and oxygen atoms in total. The van der Waals surface area contributed by atoms with Gasteiger partial charge < -0.3 is 20.1 Å². The Labute approximate surface area is 201 Å². The Hall–Kier alpha value is -4.39. The molecule has 5 aromatic rings. The van der Waals surface area contributed by atoms with Gasteiger partial charge in [-0.2, -0.15) is 9.97 Å². The van der Waals surface area contributed by atoms with Crippen molar-refractivity contribution >= 4 is 21.5 Å². The molecule has 0 aliphatic heterocycles. The van der Waals surface area contributed by atoms with Crippen LogP contribution in [0.4, 0.5) is 0 Å². The van der Waals surface area contributed by atoms with E-state index < -0.39 is 0 Å². The summed E-state index contributed by atoms with van der Waals surface area (Å²) in [7, 11) is 0. The van der Waals surface area contributed by atoms with E-state index in [1.807, 2.05) is 48.5 Å². The molecule has 0 amide bonds. The number of ether oxygens (including phenoxy) is 1. The summed E-state index contributed by atoms with van der Waals surface area (Å²) in [6.45, 7) is 0. The summed E-state index contributed by atoms with van der Waals surface area (Å²) in [5.41, 5.74) is 0.823. The Bertz CT molecular complexity index is 1500. The Morgan fingerprint density at radius 2 is 1.20 bits per heavy atom. The molecule has 1 aromatic heterocycles. The second kappa shape index (κ2) is 8.43. The van der Waals surface area contributed by atoms with Crippen LogP contribution in [0.15, 0.2) is 66.7 Å². The smallest absolute Gasteiger partial charge is 0.320 e. The van der Waals surface area contributed by atoms with Gasteiger partial charge in [-0.25, -0.2) is 4.98 Å². The average molecular weight is 466 g/mol. The van der Waals surface area contributed by atoms with Crippen LogP contribution in [0.5, 0.6) is 23.3 Å². The summed E-state index contributed by atoms with van der Waals surface area (Å²) in [5.74, 6) is -0.498. The van der Waals surface area contributed by atoms with Crippen molar-refractivity contribution in [3.63, 3.8) is 0 Å². The first-order valence-electron chi connectivity index (χ1n) is 11.7. The molecule has 1 saturated carbocycles. The molecule has 0 radical (unpaired) electrons. The molecule has 0 saturated heterocycles. The lowest BCUT2D eigenvalue weighted by molar-refractivity contribution is 0.192. The van der Waals surface area contributed by atoms with Crippen LogP contribution < -0.4 is 4.74 Å². The molecule has 1 aliphatic rings. The normalized spacial score (nSPS) is 14.1. The number of nitrogens with zero attached hydrogens (tertiary/aromatic N) is 3. The van der Waals surface area contributed by atoms with Crippen LogP contribution in [-0.4, -0.2) is 36.4 Å².